The average molecular weight is 1160 g/mol. The molecule has 0 bridgehead atoms. The van der Waals surface area contributed by atoms with E-state index in [-0.39, 0.29) is 10.8 Å². The molecule has 1 N–H and O–H groups in total. The SMILES string of the molecule is Cc1cc2c(cc1Nc1c(-c3cc(N(c4ccc(-c5ccccc5)cc4C)c4ccc(-c5ccccc5)cc4C)cc4c3[B]c3cccc5c3N4c3ccccc3C5(c3ccccc3)c3ccccc3)ccc3sc4ccccc4c13)C(C)(C)CCC2(C)C. The highest BCUT2D eigenvalue weighted by Crippen LogP contribution is 2.59. The van der Waals surface area contributed by atoms with E-state index in [2.05, 4.69) is 332 Å². The van der Waals surface area contributed by atoms with Gasteiger partial charge in [-0.15, -0.1) is 11.3 Å². The second kappa shape index (κ2) is 21.0. The largest absolute Gasteiger partial charge is 0.354 e. The minimum absolute atomic E-state index is 0.0230. The van der Waals surface area contributed by atoms with Gasteiger partial charge in [0, 0.05) is 59.9 Å². The fraction of sp³-hybridized carbons (Fsp3) is 0.143. The van der Waals surface area contributed by atoms with Gasteiger partial charge in [-0.05, 0) is 188 Å². The van der Waals surface area contributed by atoms with Crippen molar-refractivity contribution in [1.29, 1.82) is 0 Å². The number of nitrogens with one attached hydrogen (secondary N) is 1. The van der Waals surface area contributed by atoms with Crippen molar-refractivity contribution in [1.82, 2.24) is 0 Å². The first-order chi connectivity index (χ1) is 43.4. The minimum Gasteiger partial charge on any atom is -0.354 e. The maximum absolute atomic E-state index is 4.35. The van der Waals surface area contributed by atoms with Crippen molar-refractivity contribution in [2.45, 2.75) is 77.6 Å². The molecule has 0 atom stereocenters. The molecule has 5 heteroatoms. The first kappa shape index (κ1) is 54.7. The molecule has 0 amide bonds. The summed E-state index contributed by atoms with van der Waals surface area (Å²) in [5, 5.41) is 6.85. The summed E-state index contributed by atoms with van der Waals surface area (Å²) in [5.74, 6) is 0. The highest BCUT2D eigenvalue weighted by atomic mass is 32.1. The molecule has 0 unspecified atom stereocenters. The molecule has 1 aliphatic carbocycles. The van der Waals surface area contributed by atoms with Crippen molar-refractivity contribution in [2.24, 2.45) is 0 Å². The van der Waals surface area contributed by atoms with Crippen LogP contribution in [-0.2, 0) is 16.2 Å². The highest BCUT2D eigenvalue weighted by Gasteiger charge is 2.49. The van der Waals surface area contributed by atoms with Crippen LogP contribution in [0, 0.1) is 20.8 Å². The second-order valence-corrected chi connectivity index (χ2v) is 27.4. The molecule has 0 saturated carbocycles. The van der Waals surface area contributed by atoms with Crippen LogP contribution < -0.4 is 26.0 Å². The Kier molecular flexibility index (Phi) is 12.9. The summed E-state index contributed by atoms with van der Waals surface area (Å²) in [6.07, 6.45) is 2.30. The fourth-order valence-electron chi connectivity index (χ4n) is 15.4. The summed E-state index contributed by atoms with van der Waals surface area (Å²) in [4.78, 5) is 5.18. The highest BCUT2D eigenvalue weighted by molar-refractivity contribution is 7.26. The van der Waals surface area contributed by atoms with Crippen LogP contribution >= 0.6 is 11.3 Å². The molecule has 3 heterocycles. The Morgan fingerprint density at radius 2 is 1.00 bits per heavy atom. The molecule has 2 aliphatic heterocycles. The van der Waals surface area contributed by atoms with E-state index in [9.17, 15) is 0 Å². The lowest BCUT2D eigenvalue weighted by Crippen LogP contribution is -2.47. The first-order valence-electron chi connectivity index (χ1n) is 31.5. The Labute approximate surface area is 528 Å². The van der Waals surface area contributed by atoms with Crippen molar-refractivity contribution >= 4 is 95.2 Å². The molecular weight excluding hydrogens is 1090 g/mol. The van der Waals surface area contributed by atoms with Crippen molar-refractivity contribution in [3.8, 4) is 33.4 Å². The van der Waals surface area contributed by atoms with Gasteiger partial charge in [0.15, 0.2) is 7.28 Å². The summed E-state index contributed by atoms with van der Waals surface area (Å²) < 4.78 is 2.53. The molecule has 0 fully saturated rings. The average Bonchev–Trinajstić information content (AvgIpc) is 1.06. The summed E-state index contributed by atoms with van der Waals surface area (Å²) >= 11 is 1.88. The monoisotopic (exact) mass is 1160 g/mol. The van der Waals surface area contributed by atoms with E-state index in [4.69, 9.17) is 0 Å². The number of para-hydroxylation sites is 2. The molecule has 1 radical (unpaired) electrons. The number of anilines is 8. The zero-order valence-electron chi connectivity index (χ0n) is 51.6. The third kappa shape index (κ3) is 8.75. The zero-order chi connectivity index (χ0) is 60.3. The Balaban J connectivity index is 1.01. The molecule has 89 heavy (non-hydrogen) atoms. The van der Waals surface area contributed by atoms with E-state index in [1.165, 1.54) is 109 Å². The standard InChI is InChI=1S/C84H69BN3S/c1-53-49-68-69(83(6,7)46-45-82(68,4)5)52-71(53)86-80-63(41-44-77-78(80)64-33-20-23-38-76(64)89-77)65-50-62(87(72-42-39-58(47-54(72)2)56-25-12-8-13-26-56)73-43-40-59(48-55(73)3)57-27-14-9-15-28-57)51-75-79(65)85-70-36-24-35-67-81(70)88(75)74-37-22-21-34-66(74)84(67,60-29-16-10-17-30-60)61-31-18-11-19-32-61/h8-44,47-52,86H,45-46H2,1-7H3. The maximum atomic E-state index is 4.35. The van der Waals surface area contributed by atoms with Crippen molar-refractivity contribution in [2.75, 3.05) is 15.1 Å². The van der Waals surface area contributed by atoms with Crippen LogP contribution in [0.15, 0.2) is 261 Å². The Morgan fingerprint density at radius 3 is 1.63 bits per heavy atom. The first-order valence-corrected chi connectivity index (χ1v) is 32.3. The van der Waals surface area contributed by atoms with Crippen LogP contribution in [0.1, 0.15) is 90.6 Å². The van der Waals surface area contributed by atoms with Gasteiger partial charge in [0.2, 0.25) is 0 Å². The summed E-state index contributed by atoms with van der Waals surface area (Å²) in [6.45, 7) is 16.6. The Bertz CT molecular complexity index is 4820. The van der Waals surface area contributed by atoms with E-state index in [0.717, 1.165) is 63.8 Å². The lowest BCUT2D eigenvalue weighted by Gasteiger charge is -2.49. The van der Waals surface area contributed by atoms with Gasteiger partial charge < -0.3 is 15.1 Å². The topological polar surface area (TPSA) is 18.5 Å². The van der Waals surface area contributed by atoms with Gasteiger partial charge in [0.05, 0.1) is 16.8 Å². The smallest absolute Gasteiger partial charge is 0.197 e. The van der Waals surface area contributed by atoms with Crippen molar-refractivity contribution < 1.29 is 0 Å². The van der Waals surface area contributed by atoms with Gasteiger partial charge in [-0.2, -0.15) is 0 Å². The van der Waals surface area contributed by atoms with Gasteiger partial charge in [0.1, 0.15) is 0 Å². The van der Waals surface area contributed by atoms with E-state index in [1.807, 2.05) is 11.3 Å². The van der Waals surface area contributed by atoms with Crippen LogP contribution in [0.25, 0.3) is 53.6 Å². The van der Waals surface area contributed by atoms with Gasteiger partial charge in [0.25, 0.3) is 0 Å². The molecule has 3 aliphatic rings. The third-order valence-electron chi connectivity index (χ3n) is 20.0. The predicted molar refractivity (Wildman–Crippen MR) is 381 cm³/mol. The van der Waals surface area contributed by atoms with E-state index in [1.54, 1.807) is 0 Å². The van der Waals surface area contributed by atoms with Gasteiger partial charge in [-0.3, -0.25) is 0 Å². The maximum Gasteiger partial charge on any atom is 0.197 e. The van der Waals surface area contributed by atoms with Crippen molar-refractivity contribution in [3.05, 3.63) is 311 Å². The Hall–Kier alpha value is -9.68. The molecular formula is C84H69BN3S. The van der Waals surface area contributed by atoms with E-state index in [0.29, 0.717) is 0 Å². The molecule has 3 nitrogen and oxygen atoms in total. The number of rotatable bonds is 10. The fourth-order valence-corrected chi connectivity index (χ4v) is 16.5. The number of benzene rings is 12. The van der Waals surface area contributed by atoms with Gasteiger partial charge in [-0.1, -0.05) is 233 Å². The van der Waals surface area contributed by atoms with E-state index < -0.39 is 5.41 Å². The minimum atomic E-state index is -0.632. The van der Waals surface area contributed by atoms with Crippen LogP contribution in [0.4, 0.5) is 45.5 Å². The van der Waals surface area contributed by atoms with Crippen LogP contribution in [0.5, 0.6) is 0 Å². The molecule has 13 aromatic rings. The number of hydrogen-bond acceptors (Lipinski definition) is 4. The Morgan fingerprint density at radius 1 is 0.438 bits per heavy atom. The quantitative estimate of drug-likeness (QED) is 0.138. The third-order valence-corrected chi connectivity index (χ3v) is 21.1. The predicted octanol–water partition coefficient (Wildman–Crippen LogP) is 21.7. The molecule has 0 saturated heterocycles. The summed E-state index contributed by atoms with van der Waals surface area (Å²) in [7, 11) is 2.51. The molecule has 0 spiro atoms. The number of thiophene rings is 1. The zero-order valence-corrected chi connectivity index (χ0v) is 52.4. The molecule has 1 aromatic heterocycles. The van der Waals surface area contributed by atoms with Crippen molar-refractivity contribution in [3.63, 3.8) is 0 Å². The lowest BCUT2D eigenvalue weighted by atomic mass is 9.54. The number of fused-ring (bicyclic) bond motifs is 8. The second-order valence-electron chi connectivity index (χ2n) is 26.3. The molecule has 16 rings (SSSR count). The normalized spacial score (nSPS) is 14.7. The summed E-state index contributed by atoms with van der Waals surface area (Å²) in [5.41, 5.74) is 29.4. The van der Waals surface area contributed by atoms with Crippen LogP contribution in [0.2, 0.25) is 0 Å². The molecule has 429 valence electrons. The number of nitrogens with zero attached hydrogens (tertiary/aromatic N) is 2. The lowest BCUT2D eigenvalue weighted by molar-refractivity contribution is 0.332. The number of hydrogen-bond donors (Lipinski definition) is 1. The summed E-state index contributed by atoms with van der Waals surface area (Å²) in [6, 6.07) is 98.1. The van der Waals surface area contributed by atoms with Crippen LogP contribution in [-0.4, -0.2) is 7.28 Å². The van der Waals surface area contributed by atoms with Gasteiger partial charge >= 0.3 is 0 Å². The molecule has 12 aromatic carbocycles. The van der Waals surface area contributed by atoms with Gasteiger partial charge in [-0.25, -0.2) is 0 Å². The van der Waals surface area contributed by atoms with Crippen LogP contribution in [0.3, 0.4) is 0 Å². The van der Waals surface area contributed by atoms with E-state index >= 15 is 0 Å². The number of aryl methyl sites for hydroxylation is 3.